The summed E-state index contributed by atoms with van der Waals surface area (Å²) in [5, 5.41) is 3.29. The summed E-state index contributed by atoms with van der Waals surface area (Å²) in [4.78, 5) is 12.1. The van der Waals surface area contributed by atoms with Crippen LogP contribution in [0, 0.1) is 5.82 Å². The zero-order chi connectivity index (χ0) is 14.9. The van der Waals surface area contributed by atoms with Crippen molar-refractivity contribution in [3.8, 4) is 0 Å². The van der Waals surface area contributed by atoms with Crippen LogP contribution in [0.25, 0.3) is 0 Å². The largest absolute Gasteiger partial charge is 0.368 e. The monoisotopic (exact) mass is 284 g/mol. The zero-order valence-electron chi connectivity index (χ0n) is 11.6. The summed E-state index contributed by atoms with van der Waals surface area (Å²) in [6.45, 7) is 0.542. The van der Waals surface area contributed by atoms with Crippen LogP contribution >= 0.6 is 0 Å². The Hall–Kier alpha value is -2.20. The SMILES string of the molecule is NC(=O)C1(NCc2ccccc2)CCc2cc(F)ccc21. The van der Waals surface area contributed by atoms with Crippen LogP contribution in [-0.2, 0) is 23.3 Å². The zero-order valence-corrected chi connectivity index (χ0v) is 11.6. The Morgan fingerprint density at radius 2 is 2.00 bits per heavy atom. The van der Waals surface area contributed by atoms with Crippen LogP contribution in [0.3, 0.4) is 0 Å². The second-order valence-electron chi connectivity index (χ2n) is 5.41. The normalized spacial score (nSPS) is 20.2. The van der Waals surface area contributed by atoms with Crippen molar-refractivity contribution in [3.63, 3.8) is 0 Å². The highest BCUT2D eigenvalue weighted by molar-refractivity contribution is 5.87. The van der Waals surface area contributed by atoms with Crippen LogP contribution in [0.1, 0.15) is 23.1 Å². The Bertz CT molecular complexity index is 672. The molecule has 0 heterocycles. The minimum Gasteiger partial charge on any atom is -0.368 e. The van der Waals surface area contributed by atoms with Gasteiger partial charge in [-0.15, -0.1) is 0 Å². The van der Waals surface area contributed by atoms with Crippen molar-refractivity contribution in [1.29, 1.82) is 0 Å². The van der Waals surface area contributed by atoms with Crippen molar-refractivity contribution in [2.45, 2.75) is 24.9 Å². The molecule has 0 aliphatic heterocycles. The molecule has 0 aromatic heterocycles. The van der Waals surface area contributed by atoms with E-state index in [1.165, 1.54) is 12.1 Å². The van der Waals surface area contributed by atoms with Crippen LogP contribution in [0.4, 0.5) is 4.39 Å². The predicted molar refractivity (Wildman–Crippen MR) is 78.9 cm³/mol. The molecule has 0 saturated carbocycles. The molecule has 1 amide bonds. The molecule has 0 spiro atoms. The van der Waals surface area contributed by atoms with Gasteiger partial charge in [-0.05, 0) is 41.7 Å². The molecule has 0 bridgehead atoms. The van der Waals surface area contributed by atoms with Gasteiger partial charge in [-0.1, -0.05) is 36.4 Å². The number of amides is 1. The van der Waals surface area contributed by atoms with Gasteiger partial charge in [0.1, 0.15) is 11.4 Å². The van der Waals surface area contributed by atoms with Gasteiger partial charge in [-0.3, -0.25) is 10.1 Å². The molecule has 0 radical (unpaired) electrons. The highest BCUT2D eigenvalue weighted by Gasteiger charge is 2.43. The van der Waals surface area contributed by atoms with Gasteiger partial charge < -0.3 is 5.73 Å². The molecule has 3 N–H and O–H groups in total. The number of carbonyl (C=O) groups is 1. The maximum Gasteiger partial charge on any atom is 0.242 e. The lowest BCUT2D eigenvalue weighted by Gasteiger charge is -2.28. The van der Waals surface area contributed by atoms with Crippen LogP contribution in [0.2, 0.25) is 0 Å². The first-order valence-electron chi connectivity index (χ1n) is 6.99. The smallest absolute Gasteiger partial charge is 0.242 e. The number of nitrogens with one attached hydrogen (secondary N) is 1. The molecule has 0 fully saturated rings. The fourth-order valence-corrected chi connectivity index (χ4v) is 3.02. The Morgan fingerprint density at radius 3 is 2.71 bits per heavy atom. The number of nitrogens with two attached hydrogens (primary N) is 1. The summed E-state index contributed by atoms with van der Waals surface area (Å²) in [6, 6.07) is 14.4. The Kier molecular flexibility index (Phi) is 3.47. The molecule has 1 atom stereocenters. The average molecular weight is 284 g/mol. The standard InChI is InChI=1S/C17H17FN2O/c18-14-6-7-15-13(10-14)8-9-17(15,16(19)21)20-11-12-4-2-1-3-5-12/h1-7,10,20H,8-9,11H2,(H2,19,21). The highest BCUT2D eigenvalue weighted by atomic mass is 19.1. The van der Waals surface area contributed by atoms with Crippen molar-refractivity contribution in [2.24, 2.45) is 5.73 Å². The van der Waals surface area contributed by atoms with Gasteiger partial charge in [0.2, 0.25) is 5.91 Å². The van der Waals surface area contributed by atoms with Crippen molar-refractivity contribution in [2.75, 3.05) is 0 Å². The van der Waals surface area contributed by atoms with E-state index in [2.05, 4.69) is 5.32 Å². The van der Waals surface area contributed by atoms with Gasteiger partial charge >= 0.3 is 0 Å². The Balaban J connectivity index is 1.91. The van der Waals surface area contributed by atoms with Gasteiger partial charge in [0.15, 0.2) is 0 Å². The first kappa shape index (κ1) is 13.8. The molecule has 0 saturated heterocycles. The summed E-state index contributed by atoms with van der Waals surface area (Å²) in [5.41, 5.74) is 7.48. The third kappa shape index (κ3) is 2.43. The minimum atomic E-state index is -0.904. The Morgan fingerprint density at radius 1 is 1.24 bits per heavy atom. The molecular formula is C17H17FN2O. The maximum atomic E-state index is 13.3. The second kappa shape index (κ2) is 5.30. The Labute approximate surface area is 123 Å². The molecule has 1 aliphatic rings. The van der Waals surface area contributed by atoms with E-state index in [9.17, 15) is 9.18 Å². The first-order valence-corrected chi connectivity index (χ1v) is 6.99. The molecular weight excluding hydrogens is 267 g/mol. The van der Waals surface area contributed by atoms with Gasteiger partial charge in [-0.2, -0.15) is 0 Å². The number of primary amides is 1. The van der Waals surface area contributed by atoms with Crippen molar-refractivity contribution in [1.82, 2.24) is 5.32 Å². The molecule has 21 heavy (non-hydrogen) atoms. The van der Waals surface area contributed by atoms with Gasteiger partial charge in [0, 0.05) is 6.54 Å². The lowest BCUT2D eigenvalue weighted by Crippen LogP contribution is -2.50. The molecule has 1 unspecified atom stereocenters. The maximum absolute atomic E-state index is 13.3. The molecule has 1 aliphatic carbocycles. The molecule has 3 rings (SSSR count). The van der Waals surface area contributed by atoms with Crippen molar-refractivity contribution in [3.05, 3.63) is 71.0 Å². The minimum absolute atomic E-state index is 0.280. The van der Waals surface area contributed by atoms with E-state index in [4.69, 9.17) is 5.73 Å². The van der Waals surface area contributed by atoms with Crippen LogP contribution < -0.4 is 11.1 Å². The number of carbonyl (C=O) groups excluding carboxylic acids is 1. The van der Waals surface area contributed by atoms with E-state index < -0.39 is 11.4 Å². The van der Waals surface area contributed by atoms with Crippen LogP contribution in [0.5, 0.6) is 0 Å². The molecule has 2 aromatic carbocycles. The quantitative estimate of drug-likeness (QED) is 0.904. The van der Waals surface area contributed by atoms with E-state index in [1.807, 2.05) is 30.3 Å². The number of benzene rings is 2. The van der Waals surface area contributed by atoms with E-state index in [1.54, 1.807) is 6.07 Å². The summed E-state index contributed by atoms with van der Waals surface area (Å²) >= 11 is 0. The first-order chi connectivity index (χ1) is 10.1. The fourth-order valence-electron chi connectivity index (χ4n) is 3.02. The number of fused-ring (bicyclic) bond motifs is 1. The average Bonchev–Trinajstić information content (AvgIpc) is 2.85. The predicted octanol–water partition coefficient (Wildman–Crippen LogP) is 2.24. The van der Waals surface area contributed by atoms with Crippen molar-refractivity contribution >= 4 is 5.91 Å². The van der Waals surface area contributed by atoms with Gasteiger partial charge in [-0.25, -0.2) is 4.39 Å². The number of halogens is 1. The van der Waals surface area contributed by atoms with Crippen molar-refractivity contribution < 1.29 is 9.18 Å². The molecule has 108 valence electrons. The number of hydrogen-bond donors (Lipinski definition) is 2. The second-order valence-corrected chi connectivity index (χ2v) is 5.41. The number of aryl methyl sites for hydroxylation is 1. The van der Waals surface area contributed by atoms with E-state index in [0.717, 1.165) is 16.7 Å². The molecule has 4 heteroatoms. The van der Waals surface area contributed by atoms with Crippen LogP contribution in [-0.4, -0.2) is 5.91 Å². The number of hydrogen-bond acceptors (Lipinski definition) is 2. The fraction of sp³-hybridized carbons (Fsp3) is 0.235. The highest BCUT2D eigenvalue weighted by Crippen LogP contribution is 2.37. The summed E-state index contributed by atoms with van der Waals surface area (Å²) in [6.07, 6.45) is 1.21. The summed E-state index contributed by atoms with van der Waals surface area (Å²) < 4.78 is 13.3. The topological polar surface area (TPSA) is 55.1 Å². The summed E-state index contributed by atoms with van der Waals surface area (Å²) in [7, 11) is 0. The molecule has 2 aromatic rings. The third-order valence-electron chi connectivity index (χ3n) is 4.15. The van der Waals surface area contributed by atoms with E-state index in [0.29, 0.717) is 19.4 Å². The third-order valence-corrected chi connectivity index (χ3v) is 4.15. The molecule has 3 nitrogen and oxygen atoms in total. The van der Waals surface area contributed by atoms with E-state index >= 15 is 0 Å². The number of rotatable bonds is 4. The van der Waals surface area contributed by atoms with Gasteiger partial charge in [0.05, 0.1) is 0 Å². The lowest BCUT2D eigenvalue weighted by atomic mass is 9.90. The summed E-state index contributed by atoms with van der Waals surface area (Å²) in [5.74, 6) is -0.694. The van der Waals surface area contributed by atoms with Crippen LogP contribution in [0.15, 0.2) is 48.5 Å². The van der Waals surface area contributed by atoms with E-state index in [-0.39, 0.29) is 5.82 Å². The van der Waals surface area contributed by atoms with Gasteiger partial charge in [0.25, 0.3) is 0 Å². The lowest BCUT2D eigenvalue weighted by molar-refractivity contribution is -0.124.